The quantitative estimate of drug-likeness (QED) is 0.615. The summed E-state index contributed by atoms with van der Waals surface area (Å²) in [5, 5.41) is 0. The molecular formula is C10H9F3O3S. The van der Waals surface area contributed by atoms with Crippen LogP contribution in [0.1, 0.15) is 12.0 Å². The zero-order valence-corrected chi connectivity index (χ0v) is 9.65. The lowest BCUT2D eigenvalue weighted by molar-refractivity contribution is -0.107. The van der Waals surface area contributed by atoms with E-state index in [0.717, 1.165) is 0 Å². The van der Waals surface area contributed by atoms with Crippen LogP contribution in [0.2, 0.25) is 0 Å². The van der Waals surface area contributed by atoms with Gasteiger partial charge in [0.15, 0.2) is 21.5 Å². The third-order valence-electron chi connectivity index (χ3n) is 2.09. The molecule has 0 radical (unpaired) electrons. The van der Waals surface area contributed by atoms with Crippen LogP contribution in [-0.4, -0.2) is 21.0 Å². The maximum Gasteiger partial charge on any atom is 0.181 e. The molecule has 1 aromatic rings. The van der Waals surface area contributed by atoms with Gasteiger partial charge in [-0.2, -0.15) is 0 Å². The van der Waals surface area contributed by atoms with Crippen LogP contribution in [0, 0.1) is 17.5 Å². The van der Waals surface area contributed by atoms with Crippen LogP contribution in [0.3, 0.4) is 0 Å². The minimum atomic E-state index is -4.18. The van der Waals surface area contributed by atoms with E-state index in [1.807, 2.05) is 0 Å². The van der Waals surface area contributed by atoms with E-state index in [-0.39, 0.29) is 18.4 Å². The summed E-state index contributed by atoms with van der Waals surface area (Å²) in [7, 11) is -4.18. The Bertz CT molecular complexity index is 552. The molecule has 0 saturated carbocycles. The molecule has 0 N–H and O–H groups in total. The number of rotatable bonds is 4. The Kier molecular flexibility index (Phi) is 3.92. The van der Waals surface area contributed by atoms with Crippen molar-refractivity contribution < 1.29 is 26.4 Å². The average Bonchev–Trinajstić information content (AvgIpc) is 2.19. The minimum Gasteiger partial charge on any atom is -0.303 e. The van der Waals surface area contributed by atoms with Crippen LogP contribution in [0.5, 0.6) is 0 Å². The number of benzene rings is 1. The number of hydrogen-bond acceptors (Lipinski definition) is 3. The van der Waals surface area contributed by atoms with Crippen molar-refractivity contribution >= 4 is 16.1 Å². The second kappa shape index (κ2) is 4.87. The maximum atomic E-state index is 13.4. The molecule has 0 aliphatic heterocycles. The molecule has 0 fully saturated rings. The van der Waals surface area contributed by atoms with Gasteiger partial charge in [-0.05, 0) is 18.1 Å². The Morgan fingerprint density at radius 1 is 1.24 bits per heavy atom. The normalized spacial score (nSPS) is 11.5. The van der Waals surface area contributed by atoms with Crippen molar-refractivity contribution in [3.05, 3.63) is 29.1 Å². The molecule has 0 aliphatic rings. The second-order valence-corrected chi connectivity index (χ2v) is 5.40. The predicted molar refractivity (Wildman–Crippen MR) is 53.8 cm³/mol. The number of aldehydes is 1. The van der Waals surface area contributed by atoms with Crippen molar-refractivity contribution in [2.24, 2.45) is 0 Å². The average molecular weight is 266 g/mol. The first-order chi connectivity index (χ1) is 7.79. The Balaban J connectivity index is 3.42. The molecule has 94 valence electrons. The van der Waals surface area contributed by atoms with E-state index < -0.39 is 32.2 Å². The molecule has 1 aromatic carbocycles. The fraction of sp³-hybridized carbons (Fsp3) is 0.300. The molecule has 0 aromatic heterocycles. The van der Waals surface area contributed by atoms with Crippen LogP contribution in [-0.2, 0) is 21.1 Å². The van der Waals surface area contributed by atoms with Crippen molar-refractivity contribution in [1.29, 1.82) is 0 Å². The van der Waals surface area contributed by atoms with Crippen LogP contribution < -0.4 is 0 Å². The first-order valence-electron chi connectivity index (χ1n) is 4.59. The number of sulfone groups is 1. The van der Waals surface area contributed by atoms with Crippen LogP contribution in [0.4, 0.5) is 13.2 Å². The second-order valence-electron chi connectivity index (χ2n) is 3.45. The molecule has 0 amide bonds. The number of carbonyl (C=O) groups is 1. The monoisotopic (exact) mass is 266 g/mol. The molecule has 3 nitrogen and oxygen atoms in total. The molecule has 0 heterocycles. The minimum absolute atomic E-state index is 0.103. The van der Waals surface area contributed by atoms with Gasteiger partial charge in [-0.15, -0.1) is 0 Å². The molecule has 7 heteroatoms. The van der Waals surface area contributed by atoms with Gasteiger partial charge < -0.3 is 4.79 Å². The van der Waals surface area contributed by atoms with Gasteiger partial charge in [-0.1, -0.05) is 0 Å². The number of aryl methyl sites for hydroxylation is 1. The van der Waals surface area contributed by atoms with Crippen LogP contribution in [0.25, 0.3) is 0 Å². The van der Waals surface area contributed by atoms with E-state index in [1.165, 1.54) is 0 Å². The van der Waals surface area contributed by atoms with E-state index in [2.05, 4.69) is 0 Å². The summed E-state index contributed by atoms with van der Waals surface area (Å²) in [5.74, 6) is -4.53. The number of hydrogen-bond donors (Lipinski definition) is 0. The number of halogens is 3. The van der Waals surface area contributed by atoms with Gasteiger partial charge in [0.05, 0.1) is 0 Å². The third-order valence-corrected chi connectivity index (χ3v) is 3.21. The van der Waals surface area contributed by atoms with E-state index >= 15 is 0 Å². The molecule has 0 aliphatic carbocycles. The summed E-state index contributed by atoms with van der Waals surface area (Å²) in [6.45, 7) is 0. The fourth-order valence-electron chi connectivity index (χ4n) is 1.36. The summed E-state index contributed by atoms with van der Waals surface area (Å²) >= 11 is 0. The maximum absolute atomic E-state index is 13.4. The van der Waals surface area contributed by atoms with Crippen molar-refractivity contribution in [2.45, 2.75) is 17.7 Å². The predicted octanol–water partition coefficient (Wildman–Crippen LogP) is 1.64. The highest BCUT2D eigenvalue weighted by Gasteiger charge is 2.25. The Morgan fingerprint density at radius 2 is 1.82 bits per heavy atom. The lowest BCUT2D eigenvalue weighted by atomic mass is 10.1. The van der Waals surface area contributed by atoms with Crippen molar-refractivity contribution in [3.8, 4) is 0 Å². The van der Waals surface area contributed by atoms with Gasteiger partial charge >= 0.3 is 0 Å². The lowest BCUT2D eigenvalue weighted by Crippen LogP contribution is -2.09. The van der Waals surface area contributed by atoms with E-state index in [0.29, 0.717) is 18.6 Å². The molecular weight excluding hydrogens is 257 g/mol. The van der Waals surface area contributed by atoms with E-state index in [9.17, 15) is 26.4 Å². The van der Waals surface area contributed by atoms with Crippen LogP contribution >= 0.6 is 0 Å². The van der Waals surface area contributed by atoms with Gasteiger partial charge in [0.2, 0.25) is 0 Å². The number of carbonyl (C=O) groups excluding carboxylic acids is 1. The van der Waals surface area contributed by atoms with E-state index in [1.54, 1.807) is 0 Å². The molecule has 0 unspecified atom stereocenters. The molecule has 0 atom stereocenters. The van der Waals surface area contributed by atoms with Gasteiger partial charge in [-0.25, -0.2) is 21.6 Å². The zero-order valence-electron chi connectivity index (χ0n) is 8.84. The summed E-state index contributed by atoms with van der Waals surface area (Å²) in [4.78, 5) is 8.79. The smallest absolute Gasteiger partial charge is 0.181 e. The van der Waals surface area contributed by atoms with Gasteiger partial charge in [0, 0.05) is 12.7 Å². The topological polar surface area (TPSA) is 51.2 Å². The van der Waals surface area contributed by atoms with Crippen molar-refractivity contribution in [3.63, 3.8) is 0 Å². The Hall–Kier alpha value is -1.37. The van der Waals surface area contributed by atoms with Crippen LogP contribution in [0.15, 0.2) is 11.0 Å². The summed E-state index contributed by atoms with van der Waals surface area (Å²) in [6.07, 6.45) is 0.764. The Morgan fingerprint density at radius 3 is 2.29 bits per heavy atom. The highest BCUT2D eigenvalue weighted by atomic mass is 32.2. The summed E-state index contributed by atoms with van der Waals surface area (Å²) in [6, 6.07) is 0.596. The third kappa shape index (κ3) is 2.85. The standard InChI is InChI=1S/C10H9F3O3S/c1-17(15,16)10-7(11)5-6(3-2-4-14)8(12)9(10)13/h4-5H,2-3H2,1H3. The summed E-state index contributed by atoms with van der Waals surface area (Å²) in [5.41, 5.74) is -0.362. The first kappa shape index (κ1) is 13.7. The molecule has 0 bridgehead atoms. The highest BCUT2D eigenvalue weighted by molar-refractivity contribution is 7.90. The first-order valence-corrected chi connectivity index (χ1v) is 6.48. The summed E-state index contributed by atoms with van der Waals surface area (Å²) < 4.78 is 62.2. The van der Waals surface area contributed by atoms with Gasteiger partial charge in [0.1, 0.15) is 17.0 Å². The lowest BCUT2D eigenvalue weighted by Gasteiger charge is -2.07. The molecule has 0 spiro atoms. The van der Waals surface area contributed by atoms with Gasteiger partial charge in [0.25, 0.3) is 0 Å². The largest absolute Gasteiger partial charge is 0.303 e. The van der Waals surface area contributed by atoms with Gasteiger partial charge in [-0.3, -0.25) is 0 Å². The van der Waals surface area contributed by atoms with Crippen molar-refractivity contribution in [1.82, 2.24) is 0 Å². The molecule has 1 rings (SSSR count). The van der Waals surface area contributed by atoms with Crippen molar-refractivity contribution in [2.75, 3.05) is 6.26 Å². The molecule has 17 heavy (non-hydrogen) atoms. The fourth-order valence-corrected chi connectivity index (χ4v) is 2.19. The molecule has 0 saturated heterocycles. The van der Waals surface area contributed by atoms with E-state index in [4.69, 9.17) is 0 Å². The Labute approximate surface area is 96.2 Å². The highest BCUT2D eigenvalue weighted by Crippen LogP contribution is 2.24. The zero-order chi connectivity index (χ0) is 13.2. The SMILES string of the molecule is CS(=O)(=O)c1c(F)cc(CCC=O)c(F)c1F.